The second-order valence-electron chi connectivity index (χ2n) is 4.92. The molecule has 6 heteroatoms. The Morgan fingerprint density at radius 3 is 2.59 bits per heavy atom. The van der Waals surface area contributed by atoms with Crippen molar-refractivity contribution in [2.45, 2.75) is 32.2 Å². The van der Waals surface area contributed by atoms with Crippen LogP contribution in [0.15, 0.2) is 40.9 Å². The molecule has 2 N–H and O–H groups in total. The van der Waals surface area contributed by atoms with E-state index in [0.29, 0.717) is 25.0 Å². The molecule has 0 radical (unpaired) electrons. The van der Waals surface area contributed by atoms with Crippen molar-refractivity contribution in [1.29, 1.82) is 0 Å². The highest BCUT2D eigenvalue weighted by Crippen LogP contribution is 2.18. The molecule has 0 bridgehead atoms. The van der Waals surface area contributed by atoms with E-state index in [2.05, 4.69) is 10.5 Å². The highest BCUT2D eigenvalue weighted by molar-refractivity contribution is 5.75. The second-order valence-corrected chi connectivity index (χ2v) is 4.92. The van der Waals surface area contributed by atoms with Crippen LogP contribution >= 0.6 is 0 Å². The van der Waals surface area contributed by atoms with Crippen molar-refractivity contribution >= 4 is 11.9 Å². The van der Waals surface area contributed by atoms with E-state index >= 15 is 0 Å². The first-order valence-electron chi connectivity index (χ1n) is 7.14. The van der Waals surface area contributed by atoms with Gasteiger partial charge >= 0.3 is 5.97 Å². The van der Waals surface area contributed by atoms with Gasteiger partial charge in [-0.1, -0.05) is 35.5 Å². The molecular formula is C16H18N2O4. The van der Waals surface area contributed by atoms with Gasteiger partial charge in [0, 0.05) is 24.5 Å². The molecule has 1 heterocycles. The van der Waals surface area contributed by atoms with Crippen molar-refractivity contribution in [3.05, 3.63) is 42.2 Å². The van der Waals surface area contributed by atoms with E-state index in [4.69, 9.17) is 9.63 Å². The number of hydrogen-bond donors (Lipinski definition) is 2. The maximum atomic E-state index is 11.6. The largest absolute Gasteiger partial charge is 0.481 e. The molecule has 2 aromatic rings. The fourth-order valence-corrected chi connectivity index (χ4v) is 1.98. The number of hydrogen-bond acceptors (Lipinski definition) is 4. The van der Waals surface area contributed by atoms with E-state index < -0.39 is 5.97 Å². The molecule has 0 aliphatic rings. The Kier molecular flexibility index (Phi) is 5.71. The van der Waals surface area contributed by atoms with Gasteiger partial charge in [-0.3, -0.25) is 9.59 Å². The number of unbranched alkanes of at least 4 members (excludes halogenated alkanes) is 1. The molecule has 22 heavy (non-hydrogen) atoms. The molecule has 0 saturated carbocycles. The quantitative estimate of drug-likeness (QED) is 0.731. The van der Waals surface area contributed by atoms with Gasteiger partial charge in [0.05, 0.1) is 6.54 Å². The van der Waals surface area contributed by atoms with Crippen molar-refractivity contribution in [1.82, 2.24) is 10.5 Å². The van der Waals surface area contributed by atoms with Gasteiger partial charge in [-0.05, 0) is 12.8 Å². The van der Waals surface area contributed by atoms with E-state index in [9.17, 15) is 9.59 Å². The third-order valence-corrected chi connectivity index (χ3v) is 3.13. The summed E-state index contributed by atoms with van der Waals surface area (Å²) in [6.07, 6.45) is 1.47. The van der Waals surface area contributed by atoms with Crippen molar-refractivity contribution in [2.75, 3.05) is 0 Å². The Hall–Kier alpha value is -2.63. The smallest absolute Gasteiger partial charge is 0.303 e. The standard InChI is InChI=1S/C16H18N2O4/c19-15(8-4-5-9-16(20)21)17-11-13-10-14(18-22-13)12-6-2-1-3-7-12/h1-3,6-7,10H,4-5,8-9,11H2,(H,17,19)(H,20,21). The van der Waals surface area contributed by atoms with Crippen LogP contribution in [0.5, 0.6) is 0 Å². The number of aliphatic carboxylic acids is 1. The van der Waals surface area contributed by atoms with E-state index in [-0.39, 0.29) is 18.9 Å². The van der Waals surface area contributed by atoms with Crippen LogP contribution in [-0.4, -0.2) is 22.1 Å². The molecule has 1 amide bonds. The molecule has 6 nitrogen and oxygen atoms in total. The van der Waals surface area contributed by atoms with E-state index in [0.717, 1.165) is 11.3 Å². The molecule has 0 unspecified atom stereocenters. The zero-order valence-electron chi connectivity index (χ0n) is 12.1. The average molecular weight is 302 g/mol. The SMILES string of the molecule is O=C(O)CCCCC(=O)NCc1cc(-c2ccccc2)no1. The number of rotatable bonds is 8. The summed E-state index contributed by atoms with van der Waals surface area (Å²) in [5.74, 6) is -0.378. The maximum absolute atomic E-state index is 11.6. The van der Waals surface area contributed by atoms with Crippen LogP contribution in [0.4, 0.5) is 0 Å². The normalized spacial score (nSPS) is 10.4. The number of carbonyl (C=O) groups excluding carboxylic acids is 1. The predicted octanol–water partition coefficient (Wildman–Crippen LogP) is 2.60. The van der Waals surface area contributed by atoms with E-state index in [1.54, 1.807) is 6.07 Å². The fourth-order valence-electron chi connectivity index (χ4n) is 1.98. The number of carboxylic acids is 1. The molecule has 116 valence electrons. The fraction of sp³-hybridized carbons (Fsp3) is 0.312. The molecule has 0 fully saturated rings. The summed E-state index contributed by atoms with van der Waals surface area (Å²) < 4.78 is 5.18. The minimum Gasteiger partial charge on any atom is -0.481 e. The van der Waals surface area contributed by atoms with Crippen LogP contribution in [-0.2, 0) is 16.1 Å². The Balaban J connectivity index is 1.74. The zero-order valence-corrected chi connectivity index (χ0v) is 12.1. The van der Waals surface area contributed by atoms with Gasteiger partial charge in [-0.15, -0.1) is 0 Å². The van der Waals surface area contributed by atoms with Gasteiger partial charge in [0.1, 0.15) is 5.69 Å². The monoisotopic (exact) mass is 302 g/mol. The molecule has 0 saturated heterocycles. The number of aromatic nitrogens is 1. The lowest BCUT2D eigenvalue weighted by Crippen LogP contribution is -2.22. The van der Waals surface area contributed by atoms with Crippen LogP contribution in [0.25, 0.3) is 11.3 Å². The molecule has 1 aromatic carbocycles. The molecule has 0 aliphatic carbocycles. The van der Waals surface area contributed by atoms with Gasteiger partial charge in [-0.25, -0.2) is 0 Å². The van der Waals surface area contributed by atoms with Crippen LogP contribution in [0.3, 0.4) is 0 Å². The zero-order chi connectivity index (χ0) is 15.8. The number of carbonyl (C=O) groups is 2. The lowest BCUT2D eigenvalue weighted by molar-refractivity contribution is -0.137. The van der Waals surface area contributed by atoms with Gasteiger partial charge < -0.3 is 14.9 Å². The van der Waals surface area contributed by atoms with E-state index in [1.807, 2.05) is 30.3 Å². The van der Waals surface area contributed by atoms with Crippen molar-refractivity contribution < 1.29 is 19.2 Å². The number of nitrogens with zero attached hydrogens (tertiary/aromatic N) is 1. The molecule has 0 atom stereocenters. The minimum absolute atomic E-state index is 0.0931. The first-order chi connectivity index (χ1) is 10.6. The number of carboxylic acid groups (broad SMARTS) is 1. The number of nitrogens with one attached hydrogen (secondary N) is 1. The lowest BCUT2D eigenvalue weighted by Gasteiger charge is -2.01. The Morgan fingerprint density at radius 2 is 1.86 bits per heavy atom. The maximum Gasteiger partial charge on any atom is 0.303 e. The lowest BCUT2D eigenvalue weighted by atomic mass is 10.1. The van der Waals surface area contributed by atoms with Crippen LogP contribution in [0.2, 0.25) is 0 Å². The first-order valence-corrected chi connectivity index (χ1v) is 7.14. The molecule has 0 aliphatic heterocycles. The summed E-state index contributed by atoms with van der Waals surface area (Å²) >= 11 is 0. The summed E-state index contributed by atoms with van der Waals surface area (Å²) in [4.78, 5) is 22.0. The Morgan fingerprint density at radius 1 is 1.14 bits per heavy atom. The summed E-state index contributed by atoms with van der Waals surface area (Å²) in [6.45, 7) is 0.275. The topological polar surface area (TPSA) is 92.4 Å². The molecule has 1 aromatic heterocycles. The predicted molar refractivity (Wildman–Crippen MR) is 79.9 cm³/mol. The van der Waals surface area contributed by atoms with Crippen LogP contribution in [0.1, 0.15) is 31.4 Å². The molecular weight excluding hydrogens is 284 g/mol. The summed E-state index contributed by atoms with van der Waals surface area (Å²) in [6, 6.07) is 11.4. The minimum atomic E-state index is -0.837. The Bertz CT molecular complexity index is 622. The van der Waals surface area contributed by atoms with Crippen LogP contribution < -0.4 is 5.32 Å². The average Bonchev–Trinajstić information content (AvgIpc) is 2.99. The molecule has 0 spiro atoms. The van der Waals surface area contributed by atoms with Crippen molar-refractivity contribution in [3.8, 4) is 11.3 Å². The van der Waals surface area contributed by atoms with E-state index in [1.165, 1.54) is 0 Å². The highest BCUT2D eigenvalue weighted by atomic mass is 16.5. The van der Waals surface area contributed by atoms with Gasteiger partial charge in [0.2, 0.25) is 5.91 Å². The molecule has 2 rings (SSSR count). The second kappa shape index (κ2) is 7.97. The Labute approximate surface area is 128 Å². The van der Waals surface area contributed by atoms with Gasteiger partial charge in [0.15, 0.2) is 5.76 Å². The van der Waals surface area contributed by atoms with Gasteiger partial charge in [0.25, 0.3) is 0 Å². The number of benzene rings is 1. The van der Waals surface area contributed by atoms with Crippen molar-refractivity contribution in [3.63, 3.8) is 0 Å². The van der Waals surface area contributed by atoms with Crippen LogP contribution in [0, 0.1) is 0 Å². The summed E-state index contributed by atoms with van der Waals surface area (Å²) in [5, 5.41) is 15.2. The number of amides is 1. The third-order valence-electron chi connectivity index (χ3n) is 3.13. The summed E-state index contributed by atoms with van der Waals surface area (Å²) in [5.41, 5.74) is 1.68. The van der Waals surface area contributed by atoms with Gasteiger partial charge in [-0.2, -0.15) is 0 Å². The third kappa shape index (κ3) is 5.05. The van der Waals surface area contributed by atoms with Crippen molar-refractivity contribution in [2.24, 2.45) is 0 Å². The highest BCUT2D eigenvalue weighted by Gasteiger charge is 2.08. The first kappa shape index (κ1) is 15.8. The summed E-state index contributed by atoms with van der Waals surface area (Å²) in [7, 11) is 0.